The molecule has 0 aliphatic carbocycles. The summed E-state index contributed by atoms with van der Waals surface area (Å²) in [5, 5.41) is 12.4. The van der Waals surface area contributed by atoms with Gasteiger partial charge in [-0.05, 0) is 0 Å². The van der Waals surface area contributed by atoms with Gasteiger partial charge in [0.2, 0.25) is 5.89 Å². The zero-order valence-electron chi connectivity index (χ0n) is 7.93. The van der Waals surface area contributed by atoms with Crippen LogP contribution in [0.5, 0.6) is 0 Å². The topological polar surface area (TPSA) is 97.2 Å². The molecule has 0 radical (unpaired) electrons. The van der Waals surface area contributed by atoms with Crippen molar-refractivity contribution in [3.05, 3.63) is 11.7 Å². The van der Waals surface area contributed by atoms with Crippen LogP contribution in [0.4, 0.5) is 0 Å². The van der Waals surface area contributed by atoms with Crippen LogP contribution in [0.2, 0.25) is 0 Å². The lowest BCUT2D eigenvalue weighted by Crippen LogP contribution is -2.16. The Morgan fingerprint density at radius 3 is 3.14 bits per heavy atom. The molecule has 1 aromatic rings. The van der Waals surface area contributed by atoms with Crippen molar-refractivity contribution >= 4 is 11.9 Å². The SMILES string of the molecule is CCSNCc1nc(C(N)CO)no1. The zero-order valence-corrected chi connectivity index (χ0v) is 8.75. The van der Waals surface area contributed by atoms with Crippen molar-refractivity contribution in [3.63, 3.8) is 0 Å². The number of aliphatic hydroxyl groups excluding tert-OH is 1. The number of aliphatic hydroxyl groups is 1. The summed E-state index contributed by atoms with van der Waals surface area (Å²) < 4.78 is 7.94. The Bertz CT molecular complexity index is 268. The first-order valence-corrected chi connectivity index (χ1v) is 5.30. The van der Waals surface area contributed by atoms with Crippen molar-refractivity contribution < 1.29 is 9.63 Å². The Hall–Kier alpha value is -0.630. The summed E-state index contributed by atoms with van der Waals surface area (Å²) in [6.45, 7) is 2.36. The minimum absolute atomic E-state index is 0.184. The number of hydrogen-bond donors (Lipinski definition) is 3. The van der Waals surface area contributed by atoms with E-state index in [1.165, 1.54) is 0 Å². The maximum Gasteiger partial charge on any atom is 0.241 e. The molecule has 4 N–H and O–H groups in total. The van der Waals surface area contributed by atoms with Crippen molar-refractivity contribution in [2.75, 3.05) is 12.4 Å². The number of nitrogens with two attached hydrogens (primary N) is 1. The fraction of sp³-hybridized carbons (Fsp3) is 0.714. The summed E-state index contributed by atoms with van der Waals surface area (Å²) in [6.07, 6.45) is 0. The third-order valence-electron chi connectivity index (χ3n) is 1.48. The van der Waals surface area contributed by atoms with Crippen molar-refractivity contribution in [2.45, 2.75) is 19.5 Å². The number of hydrogen-bond acceptors (Lipinski definition) is 7. The predicted molar refractivity (Wildman–Crippen MR) is 53.3 cm³/mol. The van der Waals surface area contributed by atoms with E-state index in [1.54, 1.807) is 11.9 Å². The smallest absolute Gasteiger partial charge is 0.241 e. The number of aromatic nitrogens is 2. The highest BCUT2D eigenvalue weighted by molar-refractivity contribution is 7.97. The van der Waals surface area contributed by atoms with Crippen LogP contribution in [0.15, 0.2) is 4.52 Å². The Kier molecular flexibility index (Phi) is 4.88. The van der Waals surface area contributed by atoms with Crippen LogP contribution in [-0.4, -0.2) is 27.6 Å². The maximum absolute atomic E-state index is 8.75. The summed E-state index contributed by atoms with van der Waals surface area (Å²) in [6, 6.07) is -0.564. The average molecular weight is 218 g/mol. The van der Waals surface area contributed by atoms with Crippen LogP contribution in [0.25, 0.3) is 0 Å². The molecule has 0 aromatic carbocycles. The number of nitrogens with one attached hydrogen (secondary N) is 1. The Labute approximate surface area is 86.4 Å². The third-order valence-corrected chi connectivity index (χ3v) is 2.12. The van der Waals surface area contributed by atoms with Gasteiger partial charge < -0.3 is 15.4 Å². The first-order chi connectivity index (χ1) is 6.77. The van der Waals surface area contributed by atoms with E-state index in [9.17, 15) is 0 Å². The van der Waals surface area contributed by atoms with Crippen molar-refractivity contribution in [1.29, 1.82) is 0 Å². The second kappa shape index (κ2) is 5.97. The Balaban J connectivity index is 2.42. The highest BCUT2D eigenvalue weighted by Crippen LogP contribution is 2.05. The fourth-order valence-electron chi connectivity index (χ4n) is 0.787. The molecule has 1 rings (SSSR count). The van der Waals surface area contributed by atoms with Gasteiger partial charge in [0.05, 0.1) is 19.2 Å². The largest absolute Gasteiger partial charge is 0.394 e. The molecule has 6 nitrogen and oxygen atoms in total. The summed E-state index contributed by atoms with van der Waals surface area (Å²) in [7, 11) is 0. The highest BCUT2D eigenvalue weighted by Gasteiger charge is 2.12. The maximum atomic E-state index is 8.75. The summed E-state index contributed by atoms with van der Waals surface area (Å²) in [5.74, 6) is 1.78. The molecular formula is C7H14N4O2S. The summed E-state index contributed by atoms with van der Waals surface area (Å²) >= 11 is 1.57. The average Bonchev–Trinajstić information content (AvgIpc) is 2.66. The van der Waals surface area contributed by atoms with Gasteiger partial charge in [-0.1, -0.05) is 24.0 Å². The van der Waals surface area contributed by atoms with Crippen LogP contribution in [0, 0.1) is 0 Å². The highest BCUT2D eigenvalue weighted by atomic mass is 32.2. The van der Waals surface area contributed by atoms with Gasteiger partial charge in [-0.3, -0.25) is 4.72 Å². The van der Waals surface area contributed by atoms with Gasteiger partial charge >= 0.3 is 0 Å². The van der Waals surface area contributed by atoms with Gasteiger partial charge in [0.25, 0.3) is 0 Å². The van der Waals surface area contributed by atoms with Crippen molar-refractivity contribution in [3.8, 4) is 0 Å². The molecule has 0 spiro atoms. The molecule has 0 amide bonds. The van der Waals surface area contributed by atoms with E-state index in [-0.39, 0.29) is 6.61 Å². The number of nitrogens with zero attached hydrogens (tertiary/aromatic N) is 2. The van der Waals surface area contributed by atoms with Crippen LogP contribution in [0.1, 0.15) is 24.7 Å². The van der Waals surface area contributed by atoms with E-state index in [4.69, 9.17) is 15.4 Å². The summed E-state index contributed by atoms with van der Waals surface area (Å²) in [4.78, 5) is 4.01. The minimum Gasteiger partial charge on any atom is -0.394 e. The van der Waals surface area contributed by atoms with E-state index in [1.807, 2.05) is 6.92 Å². The van der Waals surface area contributed by atoms with Gasteiger partial charge in [0.1, 0.15) is 0 Å². The molecule has 1 heterocycles. The van der Waals surface area contributed by atoms with Gasteiger partial charge in [-0.2, -0.15) is 4.98 Å². The molecule has 1 atom stereocenters. The van der Waals surface area contributed by atoms with E-state index in [2.05, 4.69) is 14.9 Å². The molecule has 1 aromatic heterocycles. The van der Waals surface area contributed by atoms with Crippen LogP contribution in [-0.2, 0) is 6.54 Å². The molecule has 80 valence electrons. The first-order valence-electron chi connectivity index (χ1n) is 4.31. The normalized spacial score (nSPS) is 13.1. The lowest BCUT2D eigenvalue weighted by atomic mass is 10.3. The van der Waals surface area contributed by atoms with Crippen molar-refractivity contribution in [2.24, 2.45) is 5.73 Å². The standard InChI is InChI=1S/C7H14N4O2S/c1-2-14-9-3-6-10-7(11-13-6)5(8)4-12/h5,9,12H,2-4,8H2,1H3. The van der Waals surface area contributed by atoms with Gasteiger partial charge in [-0.15, -0.1) is 0 Å². The molecule has 0 aliphatic heterocycles. The molecule has 0 saturated heterocycles. The lowest BCUT2D eigenvalue weighted by molar-refractivity contribution is 0.259. The van der Waals surface area contributed by atoms with Crippen LogP contribution >= 0.6 is 11.9 Å². The van der Waals surface area contributed by atoms with Crippen molar-refractivity contribution in [1.82, 2.24) is 14.9 Å². The fourth-order valence-corrected chi connectivity index (χ4v) is 1.22. The monoisotopic (exact) mass is 218 g/mol. The second-order valence-electron chi connectivity index (χ2n) is 2.59. The molecule has 0 aliphatic rings. The number of rotatable bonds is 6. The van der Waals surface area contributed by atoms with Gasteiger partial charge in [-0.25, -0.2) is 0 Å². The molecule has 0 saturated carbocycles. The minimum atomic E-state index is -0.564. The van der Waals surface area contributed by atoms with Crippen LogP contribution in [0.3, 0.4) is 0 Å². The Morgan fingerprint density at radius 2 is 2.50 bits per heavy atom. The lowest BCUT2D eigenvalue weighted by Gasteiger charge is -1.98. The second-order valence-corrected chi connectivity index (χ2v) is 3.74. The van der Waals surface area contributed by atoms with E-state index in [0.717, 1.165) is 5.75 Å². The summed E-state index contributed by atoms with van der Waals surface area (Å²) in [5.41, 5.74) is 5.50. The van der Waals surface area contributed by atoms with E-state index >= 15 is 0 Å². The van der Waals surface area contributed by atoms with Gasteiger partial charge in [0, 0.05) is 5.75 Å². The van der Waals surface area contributed by atoms with E-state index in [0.29, 0.717) is 18.3 Å². The third kappa shape index (κ3) is 3.26. The first kappa shape index (κ1) is 11.4. The molecule has 0 fully saturated rings. The van der Waals surface area contributed by atoms with Gasteiger partial charge in [0.15, 0.2) is 5.82 Å². The molecule has 7 heteroatoms. The Morgan fingerprint density at radius 1 is 1.71 bits per heavy atom. The predicted octanol–water partition coefficient (Wildman–Crippen LogP) is -0.181. The quantitative estimate of drug-likeness (QED) is 0.450. The molecular weight excluding hydrogens is 204 g/mol. The molecule has 14 heavy (non-hydrogen) atoms. The zero-order chi connectivity index (χ0) is 10.4. The molecule has 0 bridgehead atoms. The molecule has 1 unspecified atom stereocenters. The van der Waals surface area contributed by atoms with E-state index < -0.39 is 6.04 Å². The van der Waals surface area contributed by atoms with Crippen LogP contribution < -0.4 is 10.5 Å².